The number of aryl methyl sites for hydroxylation is 3. The largest absolute Gasteiger partial charge is 0.329 e. The minimum Gasteiger partial charge on any atom is -0.329 e. The summed E-state index contributed by atoms with van der Waals surface area (Å²) in [6, 6.07) is 5.50. The SMILES string of the molecule is Cc1cnc2c(c1)[nH]c(=S)n2CCc1cc(F)cc(F)c1. The van der Waals surface area contributed by atoms with Crippen LogP contribution in [-0.2, 0) is 13.0 Å². The highest BCUT2D eigenvalue weighted by Gasteiger charge is 2.07. The third-order valence-corrected chi connectivity index (χ3v) is 3.61. The molecule has 21 heavy (non-hydrogen) atoms. The summed E-state index contributed by atoms with van der Waals surface area (Å²) in [4.78, 5) is 7.46. The summed E-state index contributed by atoms with van der Waals surface area (Å²) in [5, 5.41) is 0. The lowest BCUT2D eigenvalue weighted by atomic mass is 10.1. The Morgan fingerprint density at radius 3 is 2.62 bits per heavy atom. The summed E-state index contributed by atoms with van der Waals surface area (Å²) >= 11 is 5.28. The van der Waals surface area contributed by atoms with Gasteiger partial charge in [-0.1, -0.05) is 0 Å². The molecule has 0 radical (unpaired) electrons. The first-order chi connectivity index (χ1) is 10.0. The van der Waals surface area contributed by atoms with E-state index in [1.807, 2.05) is 17.6 Å². The number of rotatable bonds is 3. The van der Waals surface area contributed by atoms with Gasteiger partial charge in [0, 0.05) is 18.8 Å². The van der Waals surface area contributed by atoms with E-state index in [-0.39, 0.29) is 0 Å². The van der Waals surface area contributed by atoms with Crippen LogP contribution in [-0.4, -0.2) is 14.5 Å². The van der Waals surface area contributed by atoms with Gasteiger partial charge >= 0.3 is 0 Å². The van der Waals surface area contributed by atoms with Crippen LogP contribution < -0.4 is 0 Å². The minimum absolute atomic E-state index is 0.478. The average Bonchev–Trinajstić information content (AvgIpc) is 2.70. The second-order valence-corrected chi connectivity index (χ2v) is 5.38. The molecule has 0 saturated carbocycles. The van der Waals surface area contributed by atoms with Crippen molar-refractivity contribution in [1.82, 2.24) is 14.5 Å². The first-order valence-electron chi connectivity index (χ1n) is 6.53. The highest BCUT2D eigenvalue weighted by Crippen LogP contribution is 2.15. The van der Waals surface area contributed by atoms with E-state index in [9.17, 15) is 8.78 Å². The number of aromatic amines is 1. The lowest BCUT2D eigenvalue weighted by Gasteiger charge is -2.05. The molecule has 2 aromatic heterocycles. The first-order valence-corrected chi connectivity index (χ1v) is 6.94. The maximum atomic E-state index is 13.2. The van der Waals surface area contributed by atoms with Gasteiger partial charge in [-0.15, -0.1) is 0 Å². The number of fused-ring (bicyclic) bond motifs is 1. The Hall–Kier alpha value is -2.08. The summed E-state index contributed by atoms with van der Waals surface area (Å²) in [6.07, 6.45) is 2.24. The Morgan fingerprint density at radius 2 is 1.90 bits per heavy atom. The molecule has 108 valence electrons. The van der Waals surface area contributed by atoms with Gasteiger partial charge in [0.15, 0.2) is 10.4 Å². The zero-order valence-corrected chi connectivity index (χ0v) is 12.2. The smallest absolute Gasteiger partial charge is 0.179 e. The van der Waals surface area contributed by atoms with Gasteiger partial charge < -0.3 is 9.55 Å². The molecule has 3 nitrogen and oxygen atoms in total. The molecule has 3 aromatic rings. The molecule has 0 bridgehead atoms. The molecule has 0 saturated heterocycles. The number of hydrogen-bond donors (Lipinski definition) is 1. The van der Waals surface area contributed by atoms with Crippen molar-refractivity contribution < 1.29 is 8.78 Å². The number of H-pyrrole nitrogens is 1. The molecular weight excluding hydrogens is 292 g/mol. The molecule has 0 aliphatic heterocycles. The molecule has 0 unspecified atom stereocenters. The number of aromatic nitrogens is 3. The standard InChI is InChI=1S/C15H13F2N3S/c1-9-4-13-14(18-8-9)20(15(21)19-13)3-2-10-5-11(16)7-12(17)6-10/h4-8H,2-3H2,1H3,(H,19,21). The van der Waals surface area contributed by atoms with Gasteiger partial charge in [0.25, 0.3) is 0 Å². The number of hydrogen-bond acceptors (Lipinski definition) is 2. The molecule has 0 amide bonds. The number of pyridine rings is 1. The first kappa shape index (κ1) is 13.9. The molecule has 0 spiro atoms. The van der Waals surface area contributed by atoms with E-state index in [1.165, 1.54) is 12.1 Å². The second-order valence-electron chi connectivity index (χ2n) is 4.99. The van der Waals surface area contributed by atoms with Gasteiger partial charge in [-0.25, -0.2) is 13.8 Å². The summed E-state index contributed by atoms with van der Waals surface area (Å²) < 4.78 is 28.8. The summed E-state index contributed by atoms with van der Waals surface area (Å²) in [7, 11) is 0. The molecule has 3 rings (SSSR count). The van der Waals surface area contributed by atoms with Crippen LogP contribution in [0.25, 0.3) is 11.2 Å². The number of nitrogens with zero attached hydrogens (tertiary/aromatic N) is 2. The fraction of sp³-hybridized carbons (Fsp3) is 0.200. The van der Waals surface area contributed by atoms with Crippen LogP contribution in [0.5, 0.6) is 0 Å². The minimum atomic E-state index is -0.568. The summed E-state index contributed by atoms with van der Waals surface area (Å²) in [5.74, 6) is -1.14. The molecule has 2 heterocycles. The van der Waals surface area contributed by atoms with Gasteiger partial charge in [-0.2, -0.15) is 0 Å². The third kappa shape index (κ3) is 2.85. The van der Waals surface area contributed by atoms with Gasteiger partial charge in [0.05, 0.1) is 5.52 Å². The number of halogens is 2. The van der Waals surface area contributed by atoms with Crippen LogP contribution in [0.1, 0.15) is 11.1 Å². The Labute approximate surface area is 125 Å². The average molecular weight is 305 g/mol. The predicted octanol–water partition coefficient (Wildman–Crippen LogP) is 3.92. The van der Waals surface area contributed by atoms with Crippen molar-refractivity contribution >= 4 is 23.4 Å². The van der Waals surface area contributed by atoms with Crippen molar-refractivity contribution in [3.8, 4) is 0 Å². The van der Waals surface area contributed by atoms with E-state index >= 15 is 0 Å². The Balaban J connectivity index is 1.91. The van der Waals surface area contributed by atoms with Crippen LogP contribution in [0.2, 0.25) is 0 Å². The van der Waals surface area contributed by atoms with Crippen LogP contribution in [0.15, 0.2) is 30.5 Å². The van der Waals surface area contributed by atoms with Crippen molar-refractivity contribution in [2.75, 3.05) is 0 Å². The fourth-order valence-electron chi connectivity index (χ4n) is 2.35. The molecule has 0 fully saturated rings. The molecule has 1 N–H and O–H groups in total. The van der Waals surface area contributed by atoms with E-state index in [4.69, 9.17) is 12.2 Å². The Morgan fingerprint density at radius 1 is 1.19 bits per heavy atom. The molecule has 1 aromatic carbocycles. The molecule has 0 aliphatic carbocycles. The van der Waals surface area contributed by atoms with Crippen molar-refractivity contribution in [3.63, 3.8) is 0 Å². The van der Waals surface area contributed by atoms with Gasteiger partial charge in [-0.05, 0) is 54.9 Å². The van der Waals surface area contributed by atoms with Crippen LogP contribution in [0.4, 0.5) is 8.78 Å². The van der Waals surface area contributed by atoms with Crippen LogP contribution >= 0.6 is 12.2 Å². The molecule has 0 aliphatic rings. The quantitative estimate of drug-likeness (QED) is 0.744. The monoisotopic (exact) mass is 305 g/mol. The van der Waals surface area contributed by atoms with Crippen LogP contribution in [0.3, 0.4) is 0 Å². The lowest BCUT2D eigenvalue weighted by molar-refractivity contribution is 0.576. The van der Waals surface area contributed by atoms with Crippen molar-refractivity contribution in [2.24, 2.45) is 0 Å². The molecule has 0 atom stereocenters. The number of nitrogens with one attached hydrogen (secondary N) is 1. The number of imidazole rings is 1. The van der Waals surface area contributed by atoms with E-state index < -0.39 is 11.6 Å². The summed E-state index contributed by atoms with van der Waals surface area (Å²) in [6.45, 7) is 2.47. The van der Waals surface area contributed by atoms with Crippen molar-refractivity contribution in [1.29, 1.82) is 0 Å². The lowest BCUT2D eigenvalue weighted by Crippen LogP contribution is -2.03. The summed E-state index contributed by atoms with van der Waals surface area (Å²) in [5.41, 5.74) is 3.25. The number of benzene rings is 1. The van der Waals surface area contributed by atoms with Crippen molar-refractivity contribution in [2.45, 2.75) is 19.9 Å². The topological polar surface area (TPSA) is 33.6 Å². The van der Waals surface area contributed by atoms with E-state index in [1.54, 1.807) is 6.20 Å². The zero-order chi connectivity index (χ0) is 15.0. The Bertz CT molecular complexity index is 847. The predicted molar refractivity (Wildman–Crippen MR) is 79.7 cm³/mol. The van der Waals surface area contributed by atoms with Gasteiger partial charge in [-0.3, -0.25) is 0 Å². The van der Waals surface area contributed by atoms with Crippen molar-refractivity contribution in [3.05, 3.63) is 58.0 Å². The Kier molecular flexibility index (Phi) is 3.55. The molecular formula is C15H13F2N3S. The maximum Gasteiger partial charge on any atom is 0.179 e. The maximum absolute atomic E-state index is 13.2. The highest BCUT2D eigenvalue weighted by atomic mass is 32.1. The molecule has 6 heteroatoms. The van der Waals surface area contributed by atoms with Gasteiger partial charge in [0.1, 0.15) is 11.6 Å². The van der Waals surface area contributed by atoms with E-state index in [2.05, 4.69) is 9.97 Å². The zero-order valence-electron chi connectivity index (χ0n) is 11.4. The second kappa shape index (κ2) is 5.37. The van der Waals surface area contributed by atoms with E-state index in [0.29, 0.717) is 23.3 Å². The highest BCUT2D eigenvalue weighted by molar-refractivity contribution is 7.71. The third-order valence-electron chi connectivity index (χ3n) is 3.29. The van der Waals surface area contributed by atoms with E-state index in [0.717, 1.165) is 22.8 Å². The normalized spacial score (nSPS) is 11.2. The van der Waals surface area contributed by atoms with Crippen LogP contribution in [0, 0.1) is 23.3 Å². The fourth-order valence-corrected chi connectivity index (χ4v) is 2.64. The van der Waals surface area contributed by atoms with Gasteiger partial charge in [0.2, 0.25) is 0 Å².